The summed E-state index contributed by atoms with van der Waals surface area (Å²) in [5.41, 5.74) is 0.508. The van der Waals surface area contributed by atoms with Crippen LogP contribution in [-0.4, -0.2) is 40.3 Å². The monoisotopic (exact) mass is 351 g/mol. The summed E-state index contributed by atoms with van der Waals surface area (Å²) >= 11 is 5.83. The molecule has 1 aliphatic heterocycles. The van der Waals surface area contributed by atoms with E-state index in [1.807, 2.05) is 13.8 Å². The predicted octanol–water partition coefficient (Wildman–Crippen LogP) is 3.26. The van der Waals surface area contributed by atoms with Crippen LogP contribution in [-0.2, 0) is 9.59 Å². The standard InChI is InChI=1S/C18H22ClNO4/c1-11(2)14(10-16(21)12-5-7-13(19)8-6-12)17(22)20-9-3-4-15(20)18(23)24/h5-8,11,14-15H,3-4,9-10H2,1-2H3,(H,23,24)/t14-,15-/m0/s1. The third kappa shape index (κ3) is 4.15. The van der Waals surface area contributed by atoms with E-state index in [1.165, 1.54) is 4.90 Å². The molecule has 0 aliphatic carbocycles. The van der Waals surface area contributed by atoms with E-state index in [0.29, 0.717) is 30.0 Å². The molecule has 24 heavy (non-hydrogen) atoms. The molecule has 130 valence electrons. The highest BCUT2D eigenvalue weighted by molar-refractivity contribution is 6.30. The zero-order valence-corrected chi connectivity index (χ0v) is 14.6. The van der Waals surface area contributed by atoms with E-state index in [2.05, 4.69) is 0 Å². The maximum Gasteiger partial charge on any atom is 0.326 e. The van der Waals surface area contributed by atoms with Crippen LogP contribution >= 0.6 is 11.6 Å². The van der Waals surface area contributed by atoms with Crippen LogP contribution in [0.3, 0.4) is 0 Å². The fourth-order valence-corrected chi connectivity index (χ4v) is 3.19. The highest BCUT2D eigenvalue weighted by atomic mass is 35.5. The number of carbonyl (C=O) groups is 3. The van der Waals surface area contributed by atoms with E-state index in [0.717, 1.165) is 0 Å². The number of carbonyl (C=O) groups excluding carboxylic acids is 2. The fourth-order valence-electron chi connectivity index (χ4n) is 3.06. The van der Waals surface area contributed by atoms with Gasteiger partial charge in [-0.05, 0) is 43.0 Å². The van der Waals surface area contributed by atoms with Crippen molar-refractivity contribution in [3.8, 4) is 0 Å². The molecule has 0 saturated carbocycles. The van der Waals surface area contributed by atoms with Crippen LogP contribution < -0.4 is 0 Å². The molecule has 1 N–H and O–H groups in total. The third-order valence-electron chi connectivity index (χ3n) is 4.51. The van der Waals surface area contributed by atoms with E-state index in [4.69, 9.17) is 11.6 Å². The van der Waals surface area contributed by atoms with Crippen molar-refractivity contribution in [1.82, 2.24) is 4.90 Å². The number of rotatable bonds is 6. The van der Waals surface area contributed by atoms with Crippen LogP contribution in [0.4, 0.5) is 0 Å². The number of Topliss-reactive ketones (excluding diaryl/α,β-unsaturated/α-hetero) is 1. The van der Waals surface area contributed by atoms with Gasteiger partial charge in [-0.2, -0.15) is 0 Å². The summed E-state index contributed by atoms with van der Waals surface area (Å²) < 4.78 is 0. The number of carboxylic acids is 1. The van der Waals surface area contributed by atoms with Crippen molar-refractivity contribution in [2.24, 2.45) is 11.8 Å². The number of halogens is 1. The normalized spacial score (nSPS) is 18.7. The Morgan fingerprint density at radius 1 is 1.25 bits per heavy atom. The van der Waals surface area contributed by atoms with Crippen molar-refractivity contribution in [3.05, 3.63) is 34.9 Å². The quantitative estimate of drug-likeness (QED) is 0.798. The van der Waals surface area contributed by atoms with Gasteiger partial charge in [0.1, 0.15) is 6.04 Å². The van der Waals surface area contributed by atoms with E-state index in [9.17, 15) is 19.5 Å². The molecule has 1 saturated heterocycles. The van der Waals surface area contributed by atoms with Gasteiger partial charge < -0.3 is 10.0 Å². The molecule has 2 atom stereocenters. The molecule has 1 amide bonds. The minimum atomic E-state index is -0.979. The molecule has 0 aromatic heterocycles. The molecule has 1 aliphatic rings. The highest BCUT2D eigenvalue weighted by Crippen LogP contribution is 2.26. The number of likely N-dealkylation sites (tertiary alicyclic amines) is 1. The summed E-state index contributed by atoms with van der Waals surface area (Å²) in [5, 5.41) is 9.81. The lowest BCUT2D eigenvalue weighted by atomic mass is 9.87. The molecular formula is C18H22ClNO4. The summed E-state index contributed by atoms with van der Waals surface area (Å²) in [6.45, 7) is 4.20. The van der Waals surface area contributed by atoms with Gasteiger partial charge in [0.15, 0.2) is 5.78 Å². The van der Waals surface area contributed by atoms with Gasteiger partial charge in [0, 0.05) is 29.5 Å². The second kappa shape index (κ2) is 7.79. The van der Waals surface area contributed by atoms with Crippen molar-refractivity contribution in [2.45, 2.75) is 39.2 Å². The van der Waals surface area contributed by atoms with Crippen molar-refractivity contribution in [3.63, 3.8) is 0 Å². The van der Waals surface area contributed by atoms with Crippen molar-refractivity contribution in [1.29, 1.82) is 0 Å². The molecule has 1 fully saturated rings. The molecule has 0 unspecified atom stereocenters. The van der Waals surface area contributed by atoms with Crippen LogP contribution in [0.25, 0.3) is 0 Å². The average Bonchev–Trinajstić information content (AvgIpc) is 3.02. The Labute approximate surface area is 146 Å². The Kier molecular flexibility index (Phi) is 5.99. The minimum absolute atomic E-state index is 0.0520. The molecule has 6 heteroatoms. The summed E-state index contributed by atoms with van der Waals surface area (Å²) in [4.78, 5) is 38.0. The first-order valence-electron chi connectivity index (χ1n) is 8.13. The molecule has 2 rings (SSSR count). The number of amides is 1. The number of hydrogen-bond donors (Lipinski definition) is 1. The topological polar surface area (TPSA) is 74.7 Å². The molecule has 1 heterocycles. The second-order valence-electron chi connectivity index (χ2n) is 6.51. The number of carboxylic acid groups (broad SMARTS) is 1. The second-order valence-corrected chi connectivity index (χ2v) is 6.95. The zero-order chi connectivity index (χ0) is 17.9. The number of ketones is 1. The Bertz CT molecular complexity index is 626. The van der Waals surface area contributed by atoms with Gasteiger partial charge in [0.2, 0.25) is 5.91 Å². The predicted molar refractivity (Wildman–Crippen MR) is 91.1 cm³/mol. The largest absolute Gasteiger partial charge is 0.480 e. The number of hydrogen-bond acceptors (Lipinski definition) is 3. The summed E-state index contributed by atoms with van der Waals surface area (Å²) in [6, 6.07) is 5.79. The Balaban J connectivity index is 2.14. The summed E-state index contributed by atoms with van der Waals surface area (Å²) in [7, 11) is 0. The average molecular weight is 352 g/mol. The van der Waals surface area contributed by atoms with Crippen LogP contribution in [0.5, 0.6) is 0 Å². The lowest BCUT2D eigenvalue weighted by Gasteiger charge is -2.28. The Morgan fingerprint density at radius 2 is 1.88 bits per heavy atom. The van der Waals surface area contributed by atoms with Crippen LogP contribution in [0.1, 0.15) is 43.5 Å². The summed E-state index contributed by atoms with van der Waals surface area (Å²) in [5.74, 6) is -1.92. The van der Waals surface area contributed by atoms with Gasteiger partial charge >= 0.3 is 5.97 Å². The van der Waals surface area contributed by atoms with Gasteiger partial charge in [0.05, 0.1) is 0 Å². The molecule has 0 spiro atoms. The number of aliphatic carboxylic acids is 1. The molecule has 1 aromatic rings. The van der Waals surface area contributed by atoms with Gasteiger partial charge in [-0.3, -0.25) is 9.59 Å². The summed E-state index contributed by atoms with van der Waals surface area (Å²) in [6.07, 6.45) is 1.22. The number of nitrogens with zero attached hydrogens (tertiary/aromatic N) is 1. The molecule has 1 aromatic carbocycles. The van der Waals surface area contributed by atoms with E-state index in [-0.39, 0.29) is 24.0 Å². The molecule has 0 bridgehead atoms. The number of benzene rings is 1. The first-order valence-corrected chi connectivity index (χ1v) is 8.51. The van der Waals surface area contributed by atoms with Crippen LogP contribution in [0, 0.1) is 11.8 Å². The first kappa shape index (κ1) is 18.5. The molecule has 5 nitrogen and oxygen atoms in total. The lowest BCUT2D eigenvalue weighted by molar-refractivity contribution is -0.150. The van der Waals surface area contributed by atoms with E-state index >= 15 is 0 Å². The fraction of sp³-hybridized carbons (Fsp3) is 0.500. The van der Waals surface area contributed by atoms with E-state index in [1.54, 1.807) is 24.3 Å². The molecular weight excluding hydrogens is 330 g/mol. The van der Waals surface area contributed by atoms with Crippen molar-refractivity contribution >= 4 is 29.3 Å². The first-order chi connectivity index (χ1) is 11.3. The van der Waals surface area contributed by atoms with Crippen LogP contribution in [0.2, 0.25) is 5.02 Å². The van der Waals surface area contributed by atoms with Gasteiger partial charge in [-0.1, -0.05) is 25.4 Å². The van der Waals surface area contributed by atoms with E-state index < -0.39 is 17.9 Å². The Morgan fingerprint density at radius 3 is 2.42 bits per heavy atom. The van der Waals surface area contributed by atoms with Crippen molar-refractivity contribution in [2.75, 3.05) is 6.54 Å². The Hall–Kier alpha value is -1.88. The highest BCUT2D eigenvalue weighted by Gasteiger charge is 2.38. The van der Waals surface area contributed by atoms with Crippen molar-refractivity contribution < 1.29 is 19.5 Å². The molecule has 0 radical (unpaired) electrons. The van der Waals surface area contributed by atoms with Crippen LogP contribution in [0.15, 0.2) is 24.3 Å². The third-order valence-corrected chi connectivity index (χ3v) is 4.77. The zero-order valence-electron chi connectivity index (χ0n) is 13.9. The van der Waals surface area contributed by atoms with Gasteiger partial charge in [-0.15, -0.1) is 0 Å². The minimum Gasteiger partial charge on any atom is -0.480 e. The smallest absolute Gasteiger partial charge is 0.326 e. The van der Waals surface area contributed by atoms with Gasteiger partial charge in [0.25, 0.3) is 0 Å². The lowest BCUT2D eigenvalue weighted by Crippen LogP contribution is -2.45. The SMILES string of the molecule is CC(C)[C@H](CC(=O)c1ccc(Cl)cc1)C(=O)N1CCC[C@H]1C(=O)O. The van der Waals surface area contributed by atoms with Gasteiger partial charge in [-0.25, -0.2) is 4.79 Å². The maximum absolute atomic E-state index is 12.8. The maximum atomic E-state index is 12.8.